The van der Waals surface area contributed by atoms with Crippen LogP contribution in [0.25, 0.3) is 0 Å². The molecule has 0 fully saturated rings. The molecule has 6 nitrogen and oxygen atoms in total. The van der Waals surface area contributed by atoms with E-state index in [4.69, 9.17) is 4.18 Å². The molecule has 3 aromatic carbocycles. The van der Waals surface area contributed by atoms with E-state index in [-0.39, 0.29) is 23.0 Å². The molecule has 0 radical (unpaired) electrons. The van der Waals surface area contributed by atoms with E-state index >= 15 is 0 Å². The molecule has 0 atom stereocenters. The monoisotopic (exact) mass is 394 g/mol. The van der Waals surface area contributed by atoms with Crippen molar-refractivity contribution in [3.63, 3.8) is 0 Å². The first kappa shape index (κ1) is 19.3. The number of amides is 1. The van der Waals surface area contributed by atoms with Gasteiger partial charge in [0.2, 0.25) is 5.91 Å². The lowest BCUT2D eigenvalue weighted by atomic mass is 10.1. The normalized spacial score (nSPS) is 11.3. The number of carbonyl (C=O) groups excluding carboxylic acids is 1. The molecular formula is C21H18N2O4S. The molecule has 0 bridgehead atoms. The van der Waals surface area contributed by atoms with Crippen molar-refractivity contribution in [1.82, 2.24) is 5.43 Å². The summed E-state index contributed by atoms with van der Waals surface area (Å²) in [6.07, 6.45) is 1.54. The topological polar surface area (TPSA) is 84.8 Å². The summed E-state index contributed by atoms with van der Waals surface area (Å²) in [6.45, 7) is 0. The number of benzene rings is 3. The van der Waals surface area contributed by atoms with Crippen LogP contribution in [0.4, 0.5) is 0 Å². The van der Waals surface area contributed by atoms with Gasteiger partial charge in [-0.15, -0.1) is 0 Å². The molecule has 0 saturated heterocycles. The quantitative estimate of drug-likeness (QED) is 0.379. The van der Waals surface area contributed by atoms with Crippen molar-refractivity contribution in [2.24, 2.45) is 5.10 Å². The van der Waals surface area contributed by atoms with E-state index in [1.54, 1.807) is 36.4 Å². The van der Waals surface area contributed by atoms with Crippen molar-refractivity contribution in [3.8, 4) is 5.75 Å². The molecule has 0 aromatic heterocycles. The Morgan fingerprint density at radius 1 is 0.893 bits per heavy atom. The van der Waals surface area contributed by atoms with Gasteiger partial charge in [0.05, 0.1) is 12.6 Å². The van der Waals surface area contributed by atoms with Crippen molar-refractivity contribution < 1.29 is 17.4 Å². The van der Waals surface area contributed by atoms with Gasteiger partial charge in [0.1, 0.15) is 4.90 Å². The Balaban J connectivity index is 1.68. The smallest absolute Gasteiger partial charge is 0.339 e. The van der Waals surface area contributed by atoms with Crippen molar-refractivity contribution in [3.05, 3.63) is 96.1 Å². The molecule has 0 aliphatic carbocycles. The van der Waals surface area contributed by atoms with Crippen molar-refractivity contribution in [2.45, 2.75) is 11.3 Å². The maximum atomic E-state index is 12.4. The third-order valence-corrected chi connectivity index (χ3v) is 5.00. The van der Waals surface area contributed by atoms with Gasteiger partial charge < -0.3 is 4.18 Å². The minimum atomic E-state index is -3.97. The molecular weight excluding hydrogens is 376 g/mol. The Bertz CT molecular complexity index is 1070. The van der Waals surface area contributed by atoms with Crippen LogP contribution in [0.2, 0.25) is 0 Å². The van der Waals surface area contributed by atoms with Gasteiger partial charge in [0.25, 0.3) is 0 Å². The fourth-order valence-corrected chi connectivity index (χ4v) is 3.39. The average molecular weight is 394 g/mol. The molecule has 0 heterocycles. The van der Waals surface area contributed by atoms with Crippen LogP contribution in [0.1, 0.15) is 11.1 Å². The van der Waals surface area contributed by atoms with Gasteiger partial charge >= 0.3 is 10.1 Å². The molecule has 0 aliphatic rings. The van der Waals surface area contributed by atoms with Gasteiger partial charge in [0, 0.05) is 5.56 Å². The Hall–Kier alpha value is -3.45. The molecule has 3 aromatic rings. The van der Waals surface area contributed by atoms with Crippen LogP contribution in [-0.4, -0.2) is 20.5 Å². The van der Waals surface area contributed by atoms with Gasteiger partial charge in [-0.25, -0.2) is 5.43 Å². The number of nitrogens with one attached hydrogen (secondary N) is 1. The Morgan fingerprint density at radius 2 is 1.50 bits per heavy atom. The fourth-order valence-electron chi connectivity index (χ4n) is 2.41. The van der Waals surface area contributed by atoms with Gasteiger partial charge in [-0.3, -0.25) is 4.79 Å². The second kappa shape index (κ2) is 8.96. The highest BCUT2D eigenvalue weighted by Crippen LogP contribution is 2.21. The molecule has 3 rings (SSSR count). The molecule has 0 saturated carbocycles. The summed E-state index contributed by atoms with van der Waals surface area (Å²) in [6, 6.07) is 23.7. The first-order chi connectivity index (χ1) is 13.5. The SMILES string of the molecule is O=C(Cc1ccccc1)N/N=C/c1ccccc1OS(=O)(=O)c1ccccc1. The summed E-state index contributed by atoms with van der Waals surface area (Å²) in [7, 11) is -3.97. The standard InChI is InChI=1S/C21H18N2O4S/c24-21(15-17-9-3-1-4-10-17)23-22-16-18-11-7-8-14-20(18)27-28(25,26)19-12-5-2-6-13-19/h1-14,16H,15H2,(H,23,24)/b22-16+. The van der Waals surface area contributed by atoms with Crippen LogP contribution in [0.5, 0.6) is 5.75 Å². The Kier molecular flexibility index (Phi) is 6.18. The van der Waals surface area contributed by atoms with Gasteiger partial charge in [-0.2, -0.15) is 13.5 Å². The highest BCUT2D eigenvalue weighted by molar-refractivity contribution is 7.87. The van der Waals surface area contributed by atoms with Crippen LogP contribution in [-0.2, 0) is 21.3 Å². The van der Waals surface area contributed by atoms with E-state index in [9.17, 15) is 13.2 Å². The highest BCUT2D eigenvalue weighted by Gasteiger charge is 2.17. The van der Waals surface area contributed by atoms with Gasteiger partial charge in [-0.05, 0) is 29.8 Å². The third-order valence-electron chi connectivity index (χ3n) is 3.75. The van der Waals surface area contributed by atoms with Crippen LogP contribution in [0.3, 0.4) is 0 Å². The van der Waals surface area contributed by atoms with Crippen molar-refractivity contribution in [2.75, 3.05) is 0 Å². The predicted molar refractivity (Wildman–Crippen MR) is 107 cm³/mol. The molecule has 142 valence electrons. The molecule has 7 heteroatoms. The second-order valence-corrected chi connectivity index (χ2v) is 7.39. The third kappa shape index (κ3) is 5.28. The number of nitrogens with zero attached hydrogens (tertiary/aromatic N) is 1. The lowest BCUT2D eigenvalue weighted by Crippen LogP contribution is -2.19. The van der Waals surface area contributed by atoms with Crippen LogP contribution >= 0.6 is 0 Å². The zero-order chi connectivity index (χ0) is 19.8. The number of para-hydroxylation sites is 1. The van der Waals surface area contributed by atoms with Crippen LogP contribution in [0.15, 0.2) is 94.9 Å². The lowest BCUT2D eigenvalue weighted by molar-refractivity contribution is -0.120. The summed E-state index contributed by atoms with van der Waals surface area (Å²) >= 11 is 0. The maximum Gasteiger partial charge on any atom is 0.339 e. The highest BCUT2D eigenvalue weighted by atomic mass is 32.2. The summed E-state index contributed by atoms with van der Waals surface area (Å²) in [5, 5.41) is 3.90. The Morgan fingerprint density at radius 3 is 2.21 bits per heavy atom. The van der Waals surface area contributed by atoms with Crippen molar-refractivity contribution in [1.29, 1.82) is 0 Å². The van der Waals surface area contributed by atoms with E-state index < -0.39 is 10.1 Å². The summed E-state index contributed by atoms with van der Waals surface area (Å²) in [4.78, 5) is 12.0. The van der Waals surface area contributed by atoms with Crippen LogP contribution < -0.4 is 9.61 Å². The van der Waals surface area contributed by atoms with Gasteiger partial charge in [-0.1, -0.05) is 60.7 Å². The molecule has 28 heavy (non-hydrogen) atoms. The summed E-state index contributed by atoms with van der Waals surface area (Å²) in [5.74, 6) is -0.162. The van der Waals surface area contributed by atoms with Gasteiger partial charge in [0.15, 0.2) is 5.75 Å². The zero-order valence-electron chi connectivity index (χ0n) is 14.9. The van der Waals surface area contributed by atoms with E-state index in [0.717, 1.165) is 5.56 Å². The minimum Gasteiger partial charge on any atom is -0.378 e. The molecule has 1 N–H and O–H groups in total. The number of hydrogen-bond acceptors (Lipinski definition) is 5. The predicted octanol–water partition coefficient (Wildman–Crippen LogP) is 3.15. The molecule has 1 amide bonds. The number of hydrogen-bond donors (Lipinski definition) is 1. The minimum absolute atomic E-state index is 0.0536. The van der Waals surface area contributed by atoms with Crippen LogP contribution in [0, 0.1) is 0 Å². The second-order valence-electron chi connectivity index (χ2n) is 5.84. The van der Waals surface area contributed by atoms with Crippen molar-refractivity contribution >= 4 is 22.2 Å². The first-order valence-corrected chi connectivity index (χ1v) is 9.90. The molecule has 0 unspecified atom stereocenters. The Labute approximate surface area is 163 Å². The van der Waals surface area contributed by atoms with E-state index in [1.165, 1.54) is 24.4 Å². The average Bonchev–Trinajstić information content (AvgIpc) is 2.70. The number of hydrazone groups is 1. The number of carbonyl (C=O) groups is 1. The molecule has 0 spiro atoms. The number of rotatable bonds is 7. The van der Waals surface area contributed by atoms with E-state index in [1.807, 2.05) is 30.3 Å². The largest absolute Gasteiger partial charge is 0.378 e. The lowest BCUT2D eigenvalue weighted by Gasteiger charge is -2.09. The first-order valence-electron chi connectivity index (χ1n) is 8.49. The molecule has 0 aliphatic heterocycles. The summed E-state index contributed by atoms with van der Waals surface area (Å²) < 4.78 is 30.0. The van der Waals surface area contributed by atoms with E-state index in [2.05, 4.69) is 10.5 Å². The fraction of sp³-hybridized carbons (Fsp3) is 0.0476. The summed E-state index contributed by atoms with van der Waals surface area (Å²) in [5.41, 5.74) is 3.71. The maximum absolute atomic E-state index is 12.4. The zero-order valence-corrected chi connectivity index (χ0v) is 15.7. The van der Waals surface area contributed by atoms with E-state index in [0.29, 0.717) is 5.56 Å².